The number of ether oxygens (including phenoxy) is 1. The highest BCUT2D eigenvalue weighted by Gasteiger charge is 2.27. The fraction of sp³-hybridized carbons (Fsp3) is 0.238. The van der Waals surface area contributed by atoms with E-state index in [0.717, 1.165) is 40.9 Å². The number of oxazole rings is 1. The quantitative estimate of drug-likeness (QED) is 0.564. The van der Waals surface area contributed by atoms with Gasteiger partial charge in [0.2, 0.25) is 0 Å². The van der Waals surface area contributed by atoms with Crippen LogP contribution in [-0.2, 0) is 13.1 Å². The van der Waals surface area contributed by atoms with Gasteiger partial charge >= 0.3 is 0 Å². The molecule has 0 unspecified atom stereocenters. The van der Waals surface area contributed by atoms with E-state index in [-0.39, 0.29) is 11.6 Å². The third-order valence-corrected chi connectivity index (χ3v) is 5.66. The molecule has 27 heavy (non-hydrogen) atoms. The Morgan fingerprint density at radius 3 is 3.00 bits per heavy atom. The lowest BCUT2D eigenvalue weighted by Crippen LogP contribution is -2.31. The molecule has 0 saturated carbocycles. The van der Waals surface area contributed by atoms with Gasteiger partial charge in [0.1, 0.15) is 6.61 Å². The second-order valence-electron chi connectivity index (χ2n) is 7.29. The minimum atomic E-state index is -0.126. The second kappa shape index (κ2) is 5.20. The van der Waals surface area contributed by atoms with Gasteiger partial charge in [-0.2, -0.15) is 0 Å². The lowest BCUT2D eigenvalue weighted by atomic mass is 9.97. The van der Waals surface area contributed by atoms with Crippen LogP contribution in [0.2, 0.25) is 0 Å². The number of pyridine rings is 1. The summed E-state index contributed by atoms with van der Waals surface area (Å²) >= 11 is 0. The van der Waals surface area contributed by atoms with E-state index in [9.17, 15) is 4.79 Å². The highest BCUT2D eigenvalue weighted by atomic mass is 16.5. The molecule has 6 rings (SSSR count). The van der Waals surface area contributed by atoms with Crippen LogP contribution in [0.4, 0.5) is 0 Å². The maximum atomic E-state index is 13.0. The number of aromatic nitrogens is 2. The first-order chi connectivity index (χ1) is 13.2. The van der Waals surface area contributed by atoms with Crippen LogP contribution in [-0.4, -0.2) is 16.2 Å². The number of rotatable bonds is 1. The molecule has 2 aliphatic heterocycles. The van der Waals surface area contributed by atoms with Crippen LogP contribution in [0.15, 0.2) is 45.9 Å². The predicted molar refractivity (Wildman–Crippen MR) is 102 cm³/mol. The molecule has 6 nitrogen and oxygen atoms in total. The fourth-order valence-corrected chi connectivity index (χ4v) is 4.33. The Labute approximate surface area is 154 Å². The molecule has 0 saturated heterocycles. The smallest absolute Gasteiger partial charge is 0.281 e. The van der Waals surface area contributed by atoms with Crippen LogP contribution >= 0.6 is 0 Å². The predicted octanol–water partition coefficient (Wildman–Crippen LogP) is 3.37. The van der Waals surface area contributed by atoms with Crippen molar-refractivity contribution < 1.29 is 9.15 Å². The van der Waals surface area contributed by atoms with Crippen LogP contribution in [0.25, 0.3) is 33.1 Å². The first-order valence-electron chi connectivity index (χ1n) is 9.12. The summed E-state index contributed by atoms with van der Waals surface area (Å²) in [6.45, 7) is 4.24. The molecule has 0 spiro atoms. The maximum absolute atomic E-state index is 13.0. The average Bonchev–Trinajstić information content (AvgIpc) is 3.35. The Hall–Kier alpha value is -3.12. The van der Waals surface area contributed by atoms with Crippen molar-refractivity contribution in [3.8, 4) is 16.9 Å². The molecule has 2 aromatic carbocycles. The zero-order chi connectivity index (χ0) is 18.1. The van der Waals surface area contributed by atoms with Crippen LogP contribution in [0, 0.1) is 0 Å². The molecule has 2 aromatic heterocycles. The van der Waals surface area contributed by atoms with Gasteiger partial charge in [0, 0.05) is 24.0 Å². The molecule has 0 bridgehead atoms. The summed E-state index contributed by atoms with van der Waals surface area (Å²) in [7, 11) is 0. The SMILES string of the molecule is C[C@H]1COc2c(-c3ccc4c(c3)CNC4)ccc3c4ocnc4c(=O)n1c23. The fourth-order valence-electron chi connectivity index (χ4n) is 4.33. The minimum absolute atomic E-state index is 0.0620. The van der Waals surface area contributed by atoms with Crippen LogP contribution < -0.4 is 15.6 Å². The van der Waals surface area contributed by atoms with E-state index in [1.807, 2.05) is 13.0 Å². The van der Waals surface area contributed by atoms with Crippen molar-refractivity contribution in [2.24, 2.45) is 0 Å². The largest absolute Gasteiger partial charge is 0.489 e. The van der Waals surface area contributed by atoms with Crippen molar-refractivity contribution >= 4 is 22.0 Å². The summed E-state index contributed by atoms with van der Waals surface area (Å²) in [6, 6.07) is 10.5. The zero-order valence-corrected chi connectivity index (χ0v) is 14.8. The Balaban J connectivity index is 1.72. The third-order valence-electron chi connectivity index (χ3n) is 5.66. The van der Waals surface area contributed by atoms with E-state index < -0.39 is 0 Å². The Morgan fingerprint density at radius 2 is 2.07 bits per heavy atom. The topological polar surface area (TPSA) is 69.3 Å². The van der Waals surface area contributed by atoms with Crippen molar-refractivity contribution in [1.29, 1.82) is 0 Å². The van der Waals surface area contributed by atoms with Gasteiger partial charge in [-0.25, -0.2) is 4.98 Å². The highest BCUT2D eigenvalue weighted by molar-refractivity contribution is 6.06. The summed E-state index contributed by atoms with van der Waals surface area (Å²) in [5.41, 5.74) is 6.30. The van der Waals surface area contributed by atoms with E-state index in [1.54, 1.807) is 4.57 Å². The molecule has 0 aliphatic carbocycles. The second-order valence-corrected chi connectivity index (χ2v) is 7.29. The first-order valence-corrected chi connectivity index (χ1v) is 9.12. The molecule has 4 heterocycles. The summed E-state index contributed by atoms with van der Waals surface area (Å²) in [5, 5.41) is 4.24. The lowest BCUT2D eigenvalue weighted by Gasteiger charge is -2.27. The lowest BCUT2D eigenvalue weighted by molar-refractivity contribution is 0.246. The van der Waals surface area contributed by atoms with E-state index in [1.165, 1.54) is 17.5 Å². The number of nitrogens with one attached hydrogen (secondary N) is 1. The monoisotopic (exact) mass is 359 g/mol. The number of hydrogen-bond acceptors (Lipinski definition) is 5. The highest BCUT2D eigenvalue weighted by Crippen LogP contribution is 2.42. The van der Waals surface area contributed by atoms with Crippen LogP contribution in [0.1, 0.15) is 24.1 Å². The molecule has 0 amide bonds. The molecule has 2 aliphatic rings. The van der Waals surface area contributed by atoms with Crippen molar-refractivity contribution in [3.63, 3.8) is 0 Å². The number of fused-ring (bicyclic) bond motifs is 3. The van der Waals surface area contributed by atoms with Gasteiger partial charge in [0.15, 0.2) is 23.2 Å². The standard InChI is InChI=1S/C21H17N3O3/c1-11-9-26-20-15(12-2-3-13-7-22-8-14(13)6-12)4-5-16-18(20)24(11)21(25)17-19(16)27-10-23-17/h2-6,10-11,22H,7-9H2,1H3/t11-/m0/s1. The van der Waals surface area contributed by atoms with E-state index >= 15 is 0 Å². The summed E-state index contributed by atoms with van der Waals surface area (Å²) in [6.07, 6.45) is 1.33. The van der Waals surface area contributed by atoms with Gasteiger partial charge in [-0.15, -0.1) is 0 Å². The molecular weight excluding hydrogens is 342 g/mol. The van der Waals surface area contributed by atoms with Crippen LogP contribution in [0.5, 0.6) is 5.75 Å². The first kappa shape index (κ1) is 15.0. The molecule has 1 atom stereocenters. The summed E-state index contributed by atoms with van der Waals surface area (Å²) in [4.78, 5) is 17.1. The molecule has 0 radical (unpaired) electrons. The summed E-state index contributed by atoms with van der Waals surface area (Å²) < 4.78 is 13.5. The van der Waals surface area contributed by atoms with E-state index in [4.69, 9.17) is 9.15 Å². The molecule has 134 valence electrons. The van der Waals surface area contributed by atoms with Gasteiger partial charge in [-0.3, -0.25) is 9.36 Å². The summed E-state index contributed by atoms with van der Waals surface area (Å²) in [5.74, 6) is 0.743. The number of hydrogen-bond donors (Lipinski definition) is 1. The Morgan fingerprint density at radius 1 is 1.19 bits per heavy atom. The van der Waals surface area contributed by atoms with Gasteiger partial charge in [-0.1, -0.05) is 12.1 Å². The Kier molecular flexibility index (Phi) is 2.89. The van der Waals surface area contributed by atoms with Crippen molar-refractivity contribution in [2.45, 2.75) is 26.1 Å². The Bertz CT molecular complexity index is 1300. The van der Waals surface area contributed by atoms with Gasteiger partial charge < -0.3 is 14.5 Å². The van der Waals surface area contributed by atoms with Crippen molar-refractivity contribution in [2.75, 3.05) is 6.61 Å². The minimum Gasteiger partial charge on any atom is -0.489 e. The molecular formula is C21H17N3O3. The van der Waals surface area contributed by atoms with Crippen molar-refractivity contribution in [3.05, 3.63) is 58.2 Å². The normalized spacial score (nSPS) is 18.0. The number of nitrogens with zero attached hydrogens (tertiary/aromatic N) is 2. The molecule has 4 aromatic rings. The average molecular weight is 359 g/mol. The maximum Gasteiger partial charge on any atom is 0.281 e. The van der Waals surface area contributed by atoms with Crippen LogP contribution in [0.3, 0.4) is 0 Å². The molecule has 6 heteroatoms. The van der Waals surface area contributed by atoms with Crippen molar-refractivity contribution in [1.82, 2.24) is 14.9 Å². The molecule has 0 fully saturated rings. The number of benzene rings is 2. The zero-order valence-electron chi connectivity index (χ0n) is 14.8. The van der Waals surface area contributed by atoms with Gasteiger partial charge in [0.05, 0.1) is 11.6 Å². The third kappa shape index (κ3) is 1.93. The van der Waals surface area contributed by atoms with Gasteiger partial charge in [-0.05, 0) is 41.8 Å². The van der Waals surface area contributed by atoms with Gasteiger partial charge in [0.25, 0.3) is 5.56 Å². The molecule has 1 N–H and O–H groups in total. The van der Waals surface area contributed by atoms with E-state index in [2.05, 4.69) is 34.6 Å². The van der Waals surface area contributed by atoms with E-state index in [0.29, 0.717) is 17.7 Å².